The average Bonchev–Trinajstić information content (AvgIpc) is 3.36. The number of carbonyl (C=O) groups is 1. The zero-order valence-corrected chi connectivity index (χ0v) is 28.3. The molecule has 284 valence electrons. The smallest absolute Gasteiger partial charge is 0.358 e. The Morgan fingerprint density at radius 2 is 1.52 bits per heavy atom. The Bertz CT molecular complexity index is 1930. The molecule has 21 nitrogen and oxygen atoms in total. The molecule has 0 radical (unpaired) electrons. The minimum Gasteiger partial charge on any atom is -0.394 e. The number of carbonyl (C=O) groups excluding carboxylic acids is 1. The SMILES string of the molecule is O=C(NO[C@@]1(OC[C@@H]2O[C@H](n3ccc(=O)[nH]c3=O)C(O)C2O)C[C@@H](O)[C@H](O)[C@@H](CO)O1)C(c1ccc(-c2ccccc2)cc1)(P(=O)(O)O)P(=O)(O)O. The van der Waals surface area contributed by atoms with E-state index >= 15 is 0 Å². The van der Waals surface area contributed by atoms with Crippen LogP contribution in [0, 0.1) is 0 Å². The molecule has 2 fully saturated rings. The Labute approximate surface area is 291 Å². The maximum atomic E-state index is 13.8. The third-order valence-corrected chi connectivity index (χ3v) is 12.7. The molecule has 2 aromatic carbocycles. The number of H-pyrrole nitrogens is 1. The van der Waals surface area contributed by atoms with E-state index in [4.69, 9.17) is 19.0 Å². The molecule has 5 rings (SSSR count). The van der Waals surface area contributed by atoms with Gasteiger partial charge in [-0.2, -0.15) is 0 Å². The standard InChI is InChI=1S/C29H35N3O18P2/c33-13-19-22(36)18(34)12-28(49-19,47-14-20-23(37)24(38)25(48-20)32-11-10-21(35)30-27(32)40)50-31-26(39)29(51(41,42)43,52(44,45)46)17-8-6-16(7-9-17)15-4-2-1-3-5-15/h1-11,18-20,22-25,33-34,36-38H,12-14H2,(H,31,39)(H,30,35,40)(H2,41,42,43)(H2,44,45,46)/t18-,19-,20+,22+,23?,24?,25+,28-/m1/s1. The summed E-state index contributed by atoms with van der Waals surface area (Å²) in [6.07, 6.45) is -12.1. The van der Waals surface area contributed by atoms with Crippen molar-refractivity contribution in [2.24, 2.45) is 0 Å². The van der Waals surface area contributed by atoms with Crippen molar-refractivity contribution in [1.29, 1.82) is 0 Å². The van der Waals surface area contributed by atoms with E-state index in [-0.39, 0.29) is 0 Å². The van der Waals surface area contributed by atoms with E-state index in [9.17, 15) is 68.6 Å². The Hall–Kier alpha value is -3.47. The summed E-state index contributed by atoms with van der Waals surface area (Å²) in [4.78, 5) is 82.4. The van der Waals surface area contributed by atoms with Crippen LogP contribution in [0.2, 0.25) is 0 Å². The third-order valence-electron chi connectivity index (χ3n) is 8.53. The van der Waals surface area contributed by atoms with Gasteiger partial charge in [-0.25, -0.2) is 15.1 Å². The van der Waals surface area contributed by atoms with Gasteiger partial charge in [0, 0.05) is 12.3 Å². The molecule has 2 aliphatic rings. The van der Waals surface area contributed by atoms with Crippen molar-refractivity contribution < 1.29 is 78.1 Å². The Morgan fingerprint density at radius 1 is 0.904 bits per heavy atom. The van der Waals surface area contributed by atoms with Gasteiger partial charge in [0.1, 0.15) is 30.5 Å². The van der Waals surface area contributed by atoms with Crippen LogP contribution in [0.3, 0.4) is 0 Å². The first kappa shape index (κ1) is 39.7. The maximum Gasteiger partial charge on any atom is 0.358 e. The Morgan fingerprint density at radius 3 is 2.10 bits per heavy atom. The molecular formula is C29H35N3O18P2. The number of aliphatic hydroxyl groups is 5. The highest BCUT2D eigenvalue weighted by atomic mass is 31.2. The van der Waals surface area contributed by atoms with Gasteiger partial charge in [0.25, 0.3) is 16.4 Å². The zero-order valence-electron chi connectivity index (χ0n) is 26.6. The predicted molar refractivity (Wildman–Crippen MR) is 171 cm³/mol. The highest BCUT2D eigenvalue weighted by Gasteiger charge is 2.68. The molecule has 3 aromatic rings. The first-order valence-electron chi connectivity index (χ1n) is 15.2. The zero-order chi connectivity index (χ0) is 38.2. The number of aromatic nitrogens is 2. The van der Waals surface area contributed by atoms with Crippen LogP contribution in [0.4, 0.5) is 0 Å². The van der Waals surface area contributed by atoms with E-state index in [2.05, 4.69) is 0 Å². The van der Waals surface area contributed by atoms with Crippen molar-refractivity contribution in [2.45, 2.75) is 60.1 Å². The number of hydrogen-bond acceptors (Lipinski definition) is 14. The van der Waals surface area contributed by atoms with Crippen LogP contribution < -0.4 is 16.7 Å². The molecule has 0 aliphatic carbocycles. The summed E-state index contributed by atoms with van der Waals surface area (Å²) >= 11 is 0. The van der Waals surface area contributed by atoms with Gasteiger partial charge in [-0.1, -0.05) is 54.6 Å². The predicted octanol–water partition coefficient (Wildman–Crippen LogP) is -2.75. The van der Waals surface area contributed by atoms with Gasteiger partial charge < -0.3 is 59.3 Å². The number of hydroxylamine groups is 1. The summed E-state index contributed by atoms with van der Waals surface area (Å²) in [5.74, 6) is -4.96. The highest BCUT2D eigenvalue weighted by molar-refractivity contribution is 7.73. The van der Waals surface area contributed by atoms with Crippen molar-refractivity contribution in [3.8, 4) is 11.1 Å². The molecule has 8 atom stereocenters. The monoisotopic (exact) mass is 775 g/mol. The number of aromatic amines is 1. The quantitative estimate of drug-likeness (QED) is 0.0505. The van der Waals surface area contributed by atoms with Gasteiger partial charge in [0.2, 0.25) is 0 Å². The molecule has 11 N–H and O–H groups in total. The summed E-state index contributed by atoms with van der Waals surface area (Å²) in [5.41, 5.74) is -0.0139. The topological polar surface area (TPSA) is 337 Å². The van der Waals surface area contributed by atoms with Crippen molar-refractivity contribution >= 4 is 21.1 Å². The maximum absolute atomic E-state index is 13.8. The van der Waals surface area contributed by atoms with Crippen molar-refractivity contribution in [2.75, 3.05) is 13.2 Å². The molecule has 0 spiro atoms. The lowest BCUT2D eigenvalue weighted by atomic mass is 10.0. The highest BCUT2D eigenvalue weighted by Crippen LogP contribution is 2.74. The molecule has 0 bridgehead atoms. The molecule has 52 heavy (non-hydrogen) atoms. The van der Waals surface area contributed by atoms with Crippen molar-refractivity contribution in [3.63, 3.8) is 0 Å². The molecular weight excluding hydrogens is 740 g/mol. The summed E-state index contributed by atoms with van der Waals surface area (Å²) in [6.45, 7) is -1.91. The van der Waals surface area contributed by atoms with Crippen molar-refractivity contribution in [3.05, 3.63) is 93.3 Å². The first-order valence-corrected chi connectivity index (χ1v) is 18.4. The molecule has 1 amide bonds. The van der Waals surface area contributed by atoms with Gasteiger partial charge in [-0.3, -0.25) is 28.3 Å². The minimum atomic E-state index is -6.21. The lowest BCUT2D eigenvalue weighted by Crippen LogP contribution is -2.61. The van der Waals surface area contributed by atoms with Gasteiger partial charge in [0.15, 0.2) is 6.23 Å². The number of amides is 1. The molecule has 23 heteroatoms. The number of nitrogens with one attached hydrogen (secondary N) is 2. The fraction of sp³-hybridized carbons (Fsp3) is 0.414. The molecule has 3 heterocycles. The van der Waals surface area contributed by atoms with E-state index in [1.54, 1.807) is 30.3 Å². The van der Waals surface area contributed by atoms with Gasteiger partial charge in [-0.15, -0.1) is 0 Å². The summed E-state index contributed by atoms with van der Waals surface area (Å²) in [6, 6.07) is 13.8. The van der Waals surface area contributed by atoms with Crippen LogP contribution in [-0.4, -0.2) is 116 Å². The largest absolute Gasteiger partial charge is 0.394 e. The summed E-state index contributed by atoms with van der Waals surface area (Å²) in [7, 11) is -12.4. The second-order valence-corrected chi connectivity index (χ2v) is 15.8. The average molecular weight is 776 g/mol. The number of ether oxygens (including phenoxy) is 3. The van der Waals surface area contributed by atoms with Gasteiger partial charge in [0.05, 0.1) is 25.7 Å². The van der Waals surface area contributed by atoms with E-state index in [0.29, 0.717) is 11.1 Å². The number of rotatable bonds is 12. The fourth-order valence-corrected chi connectivity index (χ4v) is 8.81. The third kappa shape index (κ3) is 7.48. The Kier molecular flexibility index (Phi) is 11.5. The van der Waals surface area contributed by atoms with Crippen LogP contribution in [0.1, 0.15) is 18.2 Å². The van der Waals surface area contributed by atoms with Crippen LogP contribution >= 0.6 is 15.2 Å². The van der Waals surface area contributed by atoms with Crippen LogP contribution in [0.25, 0.3) is 11.1 Å². The van der Waals surface area contributed by atoms with E-state index in [1.807, 2.05) is 4.98 Å². The first-order chi connectivity index (χ1) is 24.3. The second kappa shape index (κ2) is 15.1. The number of aliphatic hydroxyl groups excluding tert-OH is 5. The van der Waals surface area contributed by atoms with E-state index < -0.39 is 111 Å². The second-order valence-electron chi connectivity index (χ2n) is 11.9. The van der Waals surface area contributed by atoms with E-state index in [1.165, 1.54) is 17.6 Å². The van der Waals surface area contributed by atoms with Gasteiger partial charge >= 0.3 is 26.9 Å². The molecule has 2 unspecified atom stereocenters. The van der Waals surface area contributed by atoms with Crippen LogP contribution in [0.15, 0.2) is 76.4 Å². The number of nitrogens with zero attached hydrogens (tertiary/aromatic N) is 1. The number of hydrogen-bond donors (Lipinski definition) is 11. The number of benzene rings is 2. The molecule has 0 saturated carbocycles. The molecule has 2 saturated heterocycles. The lowest BCUT2D eigenvalue weighted by molar-refractivity contribution is -0.444. The molecule has 2 aliphatic heterocycles. The van der Waals surface area contributed by atoms with Crippen LogP contribution in [-0.2, 0) is 37.9 Å². The van der Waals surface area contributed by atoms with Crippen LogP contribution in [0.5, 0.6) is 0 Å². The van der Waals surface area contributed by atoms with Crippen molar-refractivity contribution in [1.82, 2.24) is 15.0 Å². The fourth-order valence-electron chi connectivity index (χ4n) is 5.86. The Balaban J connectivity index is 1.45. The van der Waals surface area contributed by atoms with E-state index in [0.717, 1.165) is 29.0 Å². The normalized spacial score (nSPS) is 28.4. The lowest BCUT2D eigenvalue weighted by Gasteiger charge is -2.44. The summed E-state index contributed by atoms with van der Waals surface area (Å²) in [5, 5.41) is 51.9. The molecule has 1 aromatic heterocycles. The minimum absolute atomic E-state index is 0.450. The van der Waals surface area contributed by atoms with Gasteiger partial charge in [-0.05, 0) is 16.7 Å². The summed E-state index contributed by atoms with van der Waals surface area (Å²) < 4.78 is 43.3.